The fourth-order valence-corrected chi connectivity index (χ4v) is 1.45. The molecule has 2 aromatic heterocycles. The average molecular weight is 249 g/mol. The van der Waals surface area contributed by atoms with Crippen molar-refractivity contribution in [3.05, 3.63) is 36.0 Å². The van der Waals surface area contributed by atoms with Crippen molar-refractivity contribution in [1.29, 1.82) is 0 Å². The highest BCUT2D eigenvalue weighted by Crippen LogP contribution is 2.12. The van der Waals surface area contributed by atoms with Crippen LogP contribution in [0.15, 0.2) is 28.9 Å². The average Bonchev–Trinajstić information content (AvgIpc) is 2.89. The zero-order valence-corrected chi connectivity index (χ0v) is 10.0. The monoisotopic (exact) mass is 249 g/mol. The summed E-state index contributed by atoms with van der Waals surface area (Å²) >= 11 is 0. The normalized spacial score (nSPS) is 10.3. The smallest absolute Gasteiger partial charge is 0.158 e. The molecule has 2 rings (SSSR count). The van der Waals surface area contributed by atoms with Gasteiger partial charge in [-0.3, -0.25) is 0 Å². The standard InChI is InChI=1S/C11H15N5O2/c1-17-7-11-14-9(5-10(15-11)16-12)13-6-8-3-2-4-18-8/h2-5H,6-7,12H2,1H3,(H2,13,14,15,16). The summed E-state index contributed by atoms with van der Waals surface area (Å²) in [5, 5.41) is 3.12. The lowest BCUT2D eigenvalue weighted by Gasteiger charge is -2.08. The van der Waals surface area contributed by atoms with Crippen LogP contribution in [0, 0.1) is 0 Å². The Morgan fingerprint density at radius 3 is 2.89 bits per heavy atom. The molecule has 0 saturated heterocycles. The van der Waals surface area contributed by atoms with E-state index in [4.69, 9.17) is 15.0 Å². The second-order valence-corrected chi connectivity index (χ2v) is 3.56. The van der Waals surface area contributed by atoms with Gasteiger partial charge in [0.15, 0.2) is 5.82 Å². The van der Waals surface area contributed by atoms with Gasteiger partial charge in [0, 0.05) is 13.2 Å². The maximum absolute atomic E-state index is 5.35. The highest BCUT2D eigenvalue weighted by atomic mass is 16.5. The summed E-state index contributed by atoms with van der Waals surface area (Å²) in [5.74, 6) is 7.90. The van der Waals surface area contributed by atoms with Crippen LogP contribution in [0.5, 0.6) is 0 Å². The minimum Gasteiger partial charge on any atom is -0.467 e. The summed E-state index contributed by atoms with van der Waals surface area (Å²) in [5.41, 5.74) is 2.49. The van der Waals surface area contributed by atoms with E-state index in [2.05, 4.69) is 20.7 Å². The number of nitrogens with two attached hydrogens (primary N) is 1. The number of hydrogen-bond donors (Lipinski definition) is 3. The topological polar surface area (TPSA) is 98.2 Å². The second-order valence-electron chi connectivity index (χ2n) is 3.56. The SMILES string of the molecule is COCc1nc(NN)cc(NCc2ccco2)n1. The number of furan rings is 1. The first-order valence-corrected chi connectivity index (χ1v) is 5.41. The molecule has 96 valence electrons. The molecule has 2 aromatic rings. The van der Waals surface area contributed by atoms with Gasteiger partial charge in [0.25, 0.3) is 0 Å². The van der Waals surface area contributed by atoms with Gasteiger partial charge >= 0.3 is 0 Å². The largest absolute Gasteiger partial charge is 0.467 e. The molecule has 0 bridgehead atoms. The number of hydrogen-bond acceptors (Lipinski definition) is 7. The molecule has 0 spiro atoms. The molecule has 7 nitrogen and oxygen atoms in total. The Labute approximate surface area is 104 Å². The van der Waals surface area contributed by atoms with E-state index in [1.807, 2.05) is 12.1 Å². The lowest BCUT2D eigenvalue weighted by Crippen LogP contribution is -2.12. The van der Waals surface area contributed by atoms with Gasteiger partial charge in [-0.05, 0) is 12.1 Å². The van der Waals surface area contributed by atoms with Crippen LogP contribution in [0.2, 0.25) is 0 Å². The van der Waals surface area contributed by atoms with Gasteiger partial charge in [0.2, 0.25) is 0 Å². The number of nitrogens with zero attached hydrogens (tertiary/aromatic N) is 2. The molecule has 0 saturated carbocycles. The molecule has 4 N–H and O–H groups in total. The summed E-state index contributed by atoms with van der Waals surface area (Å²) in [6.45, 7) is 0.866. The van der Waals surface area contributed by atoms with Crippen LogP contribution in [0.3, 0.4) is 0 Å². The third-order valence-electron chi connectivity index (χ3n) is 2.22. The van der Waals surface area contributed by atoms with Gasteiger partial charge in [0.05, 0.1) is 12.8 Å². The molecule has 0 aromatic carbocycles. The number of anilines is 2. The molecule has 0 fully saturated rings. The molecule has 0 amide bonds. The van der Waals surface area contributed by atoms with Crippen molar-refractivity contribution in [2.24, 2.45) is 5.84 Å². The van der Waals surface area contributed by atoms with E-state index in [0.717, 1.165) is 5.76 Å². The Morgan fingerprint density at radius 1 is 1.39 bits per heavy atom. The van der Waals surface area contributed by atoms with Gasteiger partial charge in [0.1, 0.15) is 24.0 Å². The van der Waals surface area contributed by atoms with E-state index in [9.17, 15) is 0 Å². The number of aromatic nitrogens is 2. The number of nitrogens with one attached hydrogen (secondary N) is 2. The summed E-state index contributed by atoms with van der Waals surface area (Å²) in [6.07, 6.45) is 1.63. The Hall–Kier alpha value is -2.12. The highest BCUT2D eigenvalue weighted by Gasteiger charge is 2.04. The van der Waals surface area contributed by atoms with Crippen molar-refractivity contribution in [3.63, 3.8) is 0 Å². The fourth-order valence-electron chi connectivity index (χ4n) is 1.45. The molecule has 7 heteroatoms. The predicted molar refractivity (Wildman–Crippen MR) is 66.6 cm³/mol. The Kier molecular flexibility index (Phi) is 4.11. The summed E-state index contributed by atoms with van der Waals surface area (Å²) in [6, 6.07) is 5.43. The Morgan fingerprint density at radius 2 is 2.22 bits per heavy atom. The summed E-state index contributed by atoms with van der Waals surface area (Å²) < 4.78 is 10.2. The lowest BCUT2D eigenvalue weighted by atomic mass is 10.4. The molecule has 2 heterocycles. The molecule has 0 aliphatic heterocycles. The Bertz CT molecular complexity index is 486. The molecular weight excluding hydrogens is 234 g/mol. The second kappa shape index (κ2) is 5.99. The van der Waals surface area contributed by atoms with E-state index < -0.39 is 0 Å². The van der Waals surface area contributed by atoms with Gasteiger partial charge in [-0.1, -0.05) is 0 Å². The zero-order valence-electron chi connectivity index (χ0n) is 10.0. The van der Waals surface area contributed by atoms with E-state index in [-0.39, 0.29) is 0 Å². The van der Waals surface area contributed by atoms with Crippen molar-refractivity contribution in [3.8, 4) is 0 Å². The van der Waals surface area contributed by atoms with Crippen molar-refractivity contribution in [2.75, 3.05) is 17.9 Å². The van der Waals surface area contributed by atoms with Gasteiger partial charge < -0.3 is 19.9 Å². The Balaban J connectivity index is 2.08. The first kappa shape index (κ1) is 12.3. The minimum atomic E-state index is 0.324. The molecule has 0 radical (unpaired) electrons. The van der Waals surface area contributed by atoms with Crippen LogP contribution in [-0.4, -0.2) is 17.1 Å². The van der Waals surface area contributed by atoms with E-state index >= 15 is 0 Å². The van der Waals surface area contributed by atoms with Crippen LogP contribution in [0.1, 0.15) is 11.6 Å². The van der Waals surface area contributed by atoms with E-state index in [1.165, 1.54) is 0 Å². The van der Waals surface area contributed by atoms with Crippen molar-refractivity contribution in [2.45, 2.75) is 13.2 Å². The van der Waals surface area contributed by atoms with E-state index in [1.54, 1.807) is 19.4 Å². The maximum atomic E-state index is 5.35. The van der Waals surface area contributed by atoms with E-state index in [0.29, 0.717) is 30.6 Å². The van der Waals surface area contributed by atoms with Crippen LogP contribution in [0.4, 0.5) is 11.6 Å². The molecule has 0 atom stereocenters. The van der Waals surface area contributed by atoms with Crippen LogP contribution < -0.4 is 16.6 Å². The predicted octanol–water partition coefficient (Wildman–Crippen LogP) is 1.11. The zero-order chi connectivity index (χ0) is 12.8. The van der Waals surface area contributed by atoms with Crippen molar-refractivity contribution < 1.29 is 9.15 Å². The van der Waals surface area contributed by atoms with Crippen LogP contribution in [-0.2, 0) is 17.9 Å². The lowest BCUT2D eigenvalue weighted by molar-refractivity contribution is 0.178. The molecule has 18 heavy (non-hydrogen) atoms. The third kappa shape index (κ3) is 3.19. The van der Waals surface area contributed by atoms with Crippen molar-refractivity contribution >= 4 is 11.6 Å². The van der Waals surface area contributed by atoms with Gasteiger partial charge in [-0.25, -0.2) is 15.8 Å². The summed E-state index contributed by atoms with van der Waals surface area (Å²) in [7, 11) is 1.59. The van der Waals surface area contributed by atoms with Crippen molar-refractivity contribution in [1.82, 2.24) is 9.97 Å². The number of ether oxygens (including phenoxy) is 1. The first-order chi connectivity index (χ1) is 8.81. The van der Waals surface area contributed by atoms with Gasteiger partial charge in [-0.2, -0.15) is 0 Å². The number of methoxy groups -OCH3 is 1. The molecular formula is C11H15N5O2. The highest BCUT2D eigenvalue weighted by molar-refractivity contribution is 5.46. The third-order valence-corrected chi connectivity index (χ3v) is 2.22. The maximum Gasteiger partial charge on any atom is 0.158 e. The number of hydrazine groups is 1. The van der Waals surface area contributed by atoms with Gasteiger partial charge in [-0.15, -0.1) is 0 Å². The first-order valence-electron chi connectivity index (χ1n) is 5.41. The quantitative estimate of drug-likeness (QED) is 0.521. The summed E-state index contributed by atoms with van der Waals surface area (Å²) in [4.78, 5) is 8.44. The number of nitrogen functional groups attached to an aromatic ring is 1. The minimum absolute atomic E-state index is 0.324. The molecule has 0 aliphatic rings. The fraction of sp³-hybridized carbons (Fsp3) is 0.273. The molecule has 0 aliphatic carbocycles. The number of rotatable bonds is 6. The molecule has 0 unspecified atom stereocenters. The van der Waals surface area contributed by atoms with Crippen LogP contribution in [0.25, 0.3) is 0 Å². The van der Waals surface area contributed by atoms with Crippen LogP contribution >= 0.6 is 0 Å².